The summed E-state index contributed by atoms with van der Waals surface area (Å²) >= 11 is 0. The largest absolute Gasteiger partial charge is 0.478 e. The van der Waals surface area contributed by atoms with E-state index in [0.717, 1.165) is 0 Å². The maximum absolute atomic E-state index is 10.2. The van der Waals surface area contributed by atoms with Crippen LogP contribution in [0.2, 0.25) is 0 Å². The van der Waals surface area contributed by atoms with Gasteiger partial charge in [0.15, 0.2) is 0 Å². The number of carboxylic acid groups (broad SMARTS) is 1. The Morgan fingerprint density at radius 3 is 2.40 bits per heavy atom. The van der Waals surface area contributed by atoms with E-state index in [-0.39, 0.29) is 5.57 Å². The quantitative estimate of drug-likeness (QED) is 0.465. The Balaban J connectivity index is 4.34. The summed E-state index contributed by atoms with van der Waals surface area (Å²) in [6.07, 6.45) is 1.25. The maximum Gasteiger partial charge on any atom is 0.332 e. The minimum atomic E-state index is -1.16. The third-order valence-corrected chi connectivity index (χ3v) is 1.02. The lowest BCUT2D eigenvalue weighted by Gasteiger charge is -1.99. The number of carbonyl (C=O) groups is 1. The Morgan fingerprint density at radius 2 is 2.30 bits per heavy atom. The average molecular weight is 137 g/mol. The van der Waals surface area contributed by atoms with E-state index in [4.69, 9.17) is 10.4 Å². The Bertz CT molecular complexity index is 212. The molecule has 1 unspecified atom stereocenters. The molecule has 0 aromatic carbocycles. The monoisotopic (exact) mass is 137 g/mol. The number of hydrogen-bond donors (Lipinski definition) is 1. The molecule has 0 aliphatic heterocycles. The van der Waals surface area contributed by atoms with Crippen molar-refractivity contribution in [2.45, 2.75) is 0 Å². The molecule has 0 saturated heterocycles. The Labute approximate surface area is 58.9 Å². The first-order chi connectivity index (χ1) is 4.63. The first kappa shape index (κ1) is 8.44. The molecule has 0 bridgehead atoms. The molecule has 1 atom stereocenters. The van der Waals surface area contributed by atoms with Crippen LogP contribution in [0.4, 0.5) is 0 Å². The van der Waals surface area contributed by atoms with Crippen molar-refractivity contribution in [1.29, 1.82) is 5.26 Å². The van der Waals surface area contributed by atoms with Gasteiger partial charge in [-0.05, 0) is 0 Å². The minimum Gasteiger partial charge on any atom is -0.478 e. The number of rotatable bonds is 3. The summed E-state index contributed by atoms with van der Waals surface area (Å²) in [7, 11) is 0. The fourth-order valence-electron chi connectivity index (χ4n) is 0.406. The van der Waals surface area contributed by atoms with Crippen molar-refractivity contribution in [1.82, 2.24) is 0 Å². The van der Waals surface area contributed by atoms with Crippen molar-refractivity contribution in [2.75, 3.05) is 0 Å². The maximum atomic E-state index is 10.2. The van der Waals surface area contributed by atoms with Crippen LogP contribution < -0.4 is 0 Å². The van der Waals surface area contributed by atoms with Gasteiger partial charge < -0.3 is 5.11 Å². The van der Waals surface area contributed by atoms with E-state index in [1.807, 2.05) is 0 Å². The lowest BCUT2D eigenvalue weighted by molar-refractivity contribution is -0.132. The number of carboxylic acids is 1. The van der Waals surface area contributed by atoms with E-state index in [0.29, 0.717) is 0 Å². The predicted octanol–water partition coefficient (Wildman–Crippen LogP) is 0.953. The van der Waals surface area contributed by atoms with E-state index >= 15 is 0 Å². The minimum absolute atomic E-state index is 0.141. The van der Waals surface area contributed by atoms with Gasteiger partial charge in [0.05, 0.1) is 17.6 Å². The van der Waals surface area contributed by atoms with Gasteiger partial charge >= 0.3 is 5.97 Å². The molecule has 52 valence electrons. The lowest BCUT2D eigenvalue weighted by atomic mass is 10.0. The molecule has 0 aliphatic rings. The number of allylic oxidation sites excluding steroid dienone is 1. The van der Waals surface area contributed by atoms with Crippen LogP contribution in [0.25, 0.3) is 0 Å². The Morgan fingerprint density at radius 1 is 1.80 bits per heavy atom. The number of hydrogen-bond acceptors (Lipinski definition) is 2. The van der Waals surface area contributed by atoms with Crippen molar-refractivity contribution >= 4 is 5.97 Å². The molecular weight excluding hydrogens is 130 g/mol. The van der Waals surface area contributed by atoms with Crippen LogP contribution in [0.5, 0.6) is 0 Å². The third-order valence-electron chi connectivity index (χ3n) is 1.02. The highest BCUT2D eigenvalue weighted by molar-refractivity contribution is 5.87. The summed E-state index contributed by atoms with van der Waals surface area (Å²) in [6.45, 7) is 6.49. The summed E-state index contributed by atoms with van der Waals surface area (Å²) in [5.41, 5.74) is -0.141. The van der Waals surface area contributed by atoms with E-state index in [9.17, 15) is 4.79 Å². The van der Waals surface area contributed by atoms with Crippen LogP contribution in [-0.4, -0.2) is 11.1 Å². The van der Waals surface area contributed by atoms with Crippen LogP contribution in [-0.2, 0) is 4.79 Å². The molecule has 0 amide bonds. The molecule has 0 spiro atoms. The van der Waals surface area contributed by atoms with Gasteiger partial charge in [0, 0.05) is 0 Å². The highest BCUT2D eigenvalue weighted by Crippen LogP contribution is 2.07. The number of nitriles is 1. The van der Waals surface area contributed by atoms with E-state index in [1.54, 1.807) is 6.07 Å². The van der Waals surface area contributed by atoms with Crippen LogP contribution in [0.3, 0.4) is 0 Å². The highest BCUT2D eigenvalue weighted by Gasteiger charge is 2.13. The standard InChI is InChI=1S/C7H7NO2/c1-3-6(4-8)5(2)7(9)10/h3,6H,1-2H2,(H,9,10). The third kappa shape index (κ3) is 1.75. The van der Waals surface area contributed by atoms with E-state index in [2.05, 4.69) is 13.2 Å². The van der Waals surface area contributed by atoms with Crippen molar-refractivity contribution < 1.29 is 9.90 Å². The average Bonchev–Trinajstić information content (AvgIpc) is 1.90. The fraction of sp³-hybridized carbons (Fsp3) is 0.143. The summed E-state index contributed by atoms with van der Waals surface area (Å²) < 4.78 is 0. The van der Waals surface area contributed by atoms with E-state index < -0.39 is 11.9 Å². The summed E-state index contributed by atoms with van der Waals surface area (Å²) in [5, 5.41) is 16.6. The molecule has 0 heterocycles. The number of aliphatic carboxylic acids is 1. The topological polar surface area (TPSA) is 61.1 Å². The normalized spacial score (nSPS) is 11.1. The van der Waals surface area contributed by atoms with Crippen LogP contribution in [0.1, 0.15) is 0 Å². The van der Waals surface area contributed by atoms with Gasteiger partial charge in [-0.25, -0.2) is 4.79 Å². The molecule has 0 saturated carbocycles. The molecule has 3 nitrogen and oxygen atoms in total. The smallest absolute Gasteiger partial charge is 0.332 e. The highest BCUT2D eigenvalue weighted by atomic mass is 16.4. The van der Waals surface area contributed by atoms with Crippen molar-refractivity contribution in [3.8, 4) is 6.07 Å². The lowest BCUT2D eigenvalue weighted by Crippen LogP contribution is -2.07. The number of nitrogens with zero attached hydrogens (tertiary/aromatic N) is 1. The zero-order valence-corrected chi connectivity index (χ0v) is 5.37. The summed E-state index contributed by atoms with van der Waals surface area (Å²) in [4.78, 5) is 10.2. The molecule has 0 aromatic rings. The second-order valence-electron chi connectivity index (χ2n) is 1.67. The first-order valence-electron chi connectivity index (χ1n) is 2.57. The zero-order valence-electron chi connectivity index (χ0n) is 5.37. The first-order valence-corrected chi connectivity index (χ1v) is 2.57. The fourth-order valence-corrected chi connectivity index (χ4v) is 0.406. The Hall–Kier alpha value is -1.56. The zero-order chi connectivity index (χ0) is 8.15. The summed E-state index contributed by atoms with van der Waals surface area (Å²) in [6, 6.07) is 1.73. The van der Waals surface area contributed by atoms with Crippen LogP contribution in [0.15, 0.2) is 24.8 Å². The molecule has 1 N–H and O–H groups in total. The van der Waals surface area contributed by atoms with Gasteiger partial charge in [-0.3, -0.25) is 0 Å². The van der Waals surface area contributed by atoms with Gasteiger partial charge in [0.1, 0.15) is 0 Å². The van der Waals surface area contributed by atoms with Gasteiger partial charge in [-0.15, -0.1) is 6.58 Å². The van der Waals surface area contributed by atoms with Gasteiger partial charge in [-0.2, -0.15) is 5.26 Å². The Kier molecular flexibility index (Phi) is 2.92. The molecule has 0 aromatic heterocycles. The van der Waals surface area contributed by atoms with Crippen LogP contribution in [0, 0.1) is 17.2 Å². The molecule has 3 heteroatoms. The second-order valence-corrected chi connectivity index (χ2v) is 1.67. The molecule has 0 radical (unpaired) electrons. The van der Waals surface area contributed by atoms with Gasteiger partial charge in [0.25, 0.3) is 0 Å². The van der Waals surface area contributed by atoms with Crippen molar-refractivity contribution in [2.24, 2.45) is 5.92 Å². The van der Waals surface area contributed by atoms with Crippen molar-refractivity contribution in [3.05, 3.63) is 24.8 Å². The molecule has 10 heavy (non-hydrogen) atoms. The predicted molar refractivity (Wildman–Crippen MR) is 36.1 cm³/mol. The van der Waals surface area contributed by atoms with E-state index in [1.165, 1.54) is 6.08 Å². The van der Waals surface area contributed by atoms with Gasteiger partial charge in [0.2, 0.25) is 0 Å². The molecule has 0 aliphatic carbocycles. The SMILES string of the molecule is C=CC(C#N)C(=C)C(=O)O. The van der Waals surface area contributed by atoms with Gasteiger partial charge in [-0.1, -0.05) is 12.7 Å². The second kappa shape index (κ2) is 3.46. The molecular formula is C7H7NO2. The van der Waals surface area contributed by atoms with Crippen molar-refractivity contribution in [3.63, 3.8) is 0 Å². The summed E-state index contributed by atoms with van der Waals surface area (Å²) in [5.74, 6) is -1.94. The molecule has 0 fully saturated rings. The van der Waals surface area contributed by atoms with Crippen LogP contribution >= 0.6 is 0 Å². The molecule has 0 rings (SSSR count).